The number of thiophene rings is 1. The molecule has 0 radical (unpaired) electrons. The molecule has 0 unspecified atom stereocenters. The zero-order chi connectivity index (χ0) is 23.4. The number of carbonyl (C=O) groups excluding carboxylic acids is 2. The molecule has 1 aliphatic rings. The molecule has 0 saturated heterocycles. The number of rotatable bonds is 7. The van der Waals surface area contributed by atoms with Crippen molar-refractivity contribution in [2.75, 3.05) is 6.61 Å². The monoisotopic (exact) mass is 468 g/mol. The summed E-state index contributed by atoms with van der Waals surface area (Å²) in [5.41, 5.74) is 1.63. The Morgan fingerprint density at radius 3 is 2.73 bits per heavy atom. The third-order valence-electron chi connectivity index (χ3n) is 5.88. The van der Waals surface area contributed by atoms with E-state index in [-0.39, 0.29) is 30.1 Å². The van der Waals surface area contributed by atoms with Crippen molar-refractivity contribution in [1.29, 1.82) is 0 Å². The van der Waals surface area contributed by atoms with Gasteiger partial charge in [-0.15, -0.1) is 11.3 Å². The van der Waals surface area contributed by atoms with Crippen molar-refractivity contribution in [3.05, 3.63) is 62.5 Å². The lowest BCUT2D eigenvalue weighted by molar-refractivity contribution is 0.0216. The highest BCUT2D eigenvalue weighted by Gasteiger charge is 2.24. The topological polar surface area (TPSA) is 87.5 Å². The third kappa shape index (κ3) is 5.16. The van der Waals surface area contributed by atoms with E-state index in [1.165, 1.54) is 28.7 Å². The number of benzene rings is 1. The van der Waals surface area contributed by atoms with E-state index in [0.717, 1.165) is 37.7 Å². The fourth-order valence-electron chi connectivity index (χ4n) is 4.13. The summed E-state index contributed by atoms with van der Waals surface area (Å²) in [5, 5.41) is 0.441. The number of aryl methyl sites for hydroxylation is 1. The van der Waals surface area contributed by atoms with Gasteiger partial charge in [0.05, 0.1) is 30.4 Å². The number of nitrogens with zero attached hydrogens (tertiary/aromatic N) is 2. The minimum Gasteiger partial charge on any atom is -0.462 e. The van der Waals surface area contributed by atoms with Crippen molar-refractivity contribution in [1.82, 2.24) is 9.55 Å². The van der Waals surface area contributed by atoms with E-state index in [2.05, 4.69) is 4.98 Å². The molecule has 1 saturated carbocycles. The first-order valence-corrected chi connectivity index (χ1v) is 12.2. The summed E-state index contributed by atoms with van der Waals surface area (Å²) in [6.45, 7) is 4.33. The second-order valence-corrected chi connectivity index (χ2v) is 9.41. The average Bonchev–Trinajstić information content (AvgIpc) is 3.17. The van der Waals surface area contributed by atoms with Gasteiger partial charge >= 0.3 is 11.9 Å². The van der Waals surface area contributed by atoms with Crippen LogP contribution in [0.2, 0.25) is 0 Å². The molecule has 0 spiro atoms. The van der Waals surface area contributed by atoms with Gasteiger partial charge in [0.15, 0.2) is 0 Å². The molecule has 2 aromatic heterocycles. The van der Waals surface area contributed by atoms with E-state index in [1.54, 1.807) is 25.1 Å². The fourth-order valence-corrected chi connectivity index (χ4v) is 5.15. The molecule has 3 aromatic rings. The normalized spacial score (nSPS) is 14.4. The zero-order valence-electron chi connectivity index (χ0n) is 19.0. The van der Waals surface area contributed by atoms with Crippen molar-refractivity contribution in [2.24, 2.45) is 0 Å². The minimum atomic E-state index is -0.380. The smallest absolute Gasteiger partial charge is 0.348 e. The first-order chi connectivity index (χ1) is 16.0. The predicted molar refractivity (Wildman–Crippen MR) is 127 cm³/mol. The molecule has 4 rings (SSSR count). The Hall–Kier alpha value is -3.00. The van der Waals surface area contributed by atoms with Crippen molar-refractivity contribution in [2.45, 2.75) is 65.0 Å². The quantitative estimate of drug-likeness (QED) is 0.460. The highest BCUT2D eigenvalue weighted by Crippen LogP contribution is 2.29. The van der Waals surface area contributed by atoms with Crippen molar-refractivity contribution < 1.29 is 19.1 Å². The van der Waals surface area contributed by atoms with Crippen LogP contribution in [0, 0.1) is 6.92 Å². The first-order valence-electron chi connectivity index (χ1n) is 11.4. The molecule has 1 fully saturated rings. The Balaban J connectivity index is 1.57. The van der Waals surface area contributed by atoms with Gasteiger partial charge in [-0.25, -0.2) is 14.6 Å². The van der Waals surface area contributed by atoms with Crippen molar-refractivity contribution in [3.8, 4) is 0 Å². The highest BCUT2D eigenvalue weighted by atomic mass is 32.1. The van der Waals surface area contributed by atoms with Gasteiger partial charge in [0.1, 0.15) is 15.8 Å². The zero-order valence-corrected chi connectivity index (χ0v) is 19.8. The van der Waals surface area contributed by atoms with E-state index >= 15 is 0 Å². The molecular formula is C25H28N2O5S. The predicted octanol–water partition coefficient (Wildman–Crippen LogP) is 4.87. The second kappa shape index (κ2) is 10.3. The lowest BCUT2D eigenvalue weighted by atomic mass is 9.98. The average molecular weight is 469 g/mol. The van der Waals surface area contributed by atoms with Gasteiger partial charge in [-0.1, -0.05) is 25.5 Å². The summed E-state index contributed by atoms with van der Waals surface area (Å²) >= 11 is 1.20. The summed E-state index contributed by atoms with van der Waals surface area (Å²) in [7, 11) is 0. The molecular weight excluding hydrogens is 440 g/mol. The Kier molecular flexibility index (Phi) is 7.23. The van der Waals surface area contributed by atoms with Crippen LogP contribution in [0.25, 0.3) is 10.2 Å². The molecule has 0 amide bonds. The minimum absolute atomic E-state index is 0.0447. The number of carbonyl (C=O) groups is 2. The van der Waals surface area contributed by atoms with Gasteiger partial charge in [0.2, 0.25) is 0 Å². The summed E-state index contributed by atoms with van der Waals surface area (Å²) < 4.78 is 12.4. The maximum Gasteiger partial charge on any atom is 0.348 e. The van der Waals surface area contributed by atoms with Gasteiger partial charge in [0.25, 0.3) is 5.56 Å². The number of hydrogen-bond acceptors (Lipinski definition) is 7. The summed E-state index contributed by atoms with van der Waals surface area (Å²) in [5.74, 6) is -0.749. The van der Waals surface area contributed by atoms with Gasteiger partial charge in [-0.2, -0.15) is 0 Å². The van der Waals surface area contributed by atoms with E-state index in [1.807, 2.05) is 13.0 Å². The summed E-state index contributed by atoms with van der Waals surface area (Å²) in [4.78, 5) is 43.6. The van der Waals surface area contributed by atoms with E-state index in [4.69, 9.17) is 9.47 Å². The standard InChI is InChI=1S/C25H28N2O5S/c1-3-12-31-24(29)18-9-7-8-17(13-18)14-27-15-26-22-20(23(27)28)16(2)21(33-22)25(30)32-19-10-5-4-6-11-19/h7-9,13,15,19H,3-6,10-12,14H2,1-2H3. The van der Waals surface area contributed by atoms with Crippen LogP contribution in [0.1, 0.15) is 76.6 Å². The molecule has 1 aromatic carbocycles. The highest BCUT2D eigenvalue weighted by molar-refractivity contribution is 7.20. The van der Waals surface area contributed by atoms with Gasteiger partial charge in [-0.05, 0) is 62.3 Å². The molecule has 33 heavy (non-hydrogen) atoms. The number of esters is 2. The Labute approximate surface area is 196 Å². The van der Waals surface area contributed by atoms with E-state index < -0.39 is 0 Å². The van der Waals surface area contributed by atoms with Crippen LogP contribution >= 0.6 is 11.3 Å². The molecule has 174 valence electrons. The van der Waals surface area contributed by atoms with E-state index in [9.17, 15) is 14.4 Å². The first kappa shape index (κ1) is 23.2. The van der Waals surface area contributed by atoms with Gasteiger partial charge in [0, 0.05) is 0 Å². The van der Waals surface area contributed by atoms with Crippen LogP contribution in [0.15, 0.2) is 35.4 Å². The van der Waals surface area contributed by atoms with Crippen molar-refractivity contribution in [3.63, 3.8) is 0 Å². The second-order valence-electron chi connectivity index (χ2n) is 8.42. The lowest BCUT2D eigenvalue weighted by Gasteiger charge is -2.21. The molecule has 7 nitrogen and oxygen atoms in total. The van der Waals surface area contributed by atoms with Crippen LogP contribution in [0.3, 0.4) is 0 Å². The van der Waals surface area contributed by atoms with Crippen LogP contribution in [-0.2, 0) is 16.0 Å². The summed E-state index contributed by atoms with van der Waals surface area (Å²) in [6.07, 6.45) is 7.32. The number of fused-ring (bicyclic) bond motifs is 1. The number of aromatic nitrogens is 2. The van der Waals surface area contributed by atoms with Crippen LogP contribution in [-0.4, -0.2) is 34.2 Å². The molecule has 0 atom stereocenters. The van der Waals surface area contributed by atoms with Crippen LogP contribution in [0.4, 0.5) is 0 Å². The third-order valence-corrected chi connectivity index (χ3v) is 7.06. The molecule has 0 N–H and O–H groups in total. The molecule has 2 heterocycles. The molecule has 0 aliphatic heterocycles. The SMILES string of the molecule is CCCOC(=O)c1cccc(Cn2cnc3sc(C(=O)OC4CCCCC4)c(C)c3c2=O)c1. The van der Waals surface area contributed by atoms with Crippen molar-refractivity contribution >= 4 is 33.5 Å². The Morgan fingerprint density at radius 1 is 1.18 bits per heavy atom. The maximum atomic E-state index is 13.2. The molecule has 8 heteroatoms. The largest absolute Gasteiger partial charge is 0.462 e. The van der Waals surface area contributed by atoms with Crippen LogP contribution < -0.4 is 5.56 Å². The Morgan fingerprint density at radius 2 is 1.97 bits per heavy atom. The molecule has 0 bridgehead atoms. The lowest BCUT2D eigenvalue weighted by Crippen LogP contribution is -2.22. The van der Waals surface area contributed by atoms with E-state index in [0.29, 0.717) is 32.8 Å². The van der Waals surface area contributed by atoms with Crippen LogP contribution in [0.5, 0.6) is 0 Å². The number of ether oxygens (including phenoxy) is 2. The Bertz CT molecular complexity index is 1220. The number of hydrogen-bond donors (Lipinski definition) is 0. The molecule has 1 aliphatic carbocycles. The maximum absolute atomic E-state index is 13.2. The van der Waals surface area contributed by atoms with Gasteiger partial charge in [-0.3, -0.25) is 9.36 Å². The summed E-state index contributed by atoms with van der Waals surface area (Å²) in [6, 6.07) is 7.03. The van der Waals surface area contributed by atoms with Gasteiger partial charge < -0.3 is 9.47 Å². The fraction of sp³-hybridized carbons (Fsp3) is 0.440.